The number of hydrogen-bond acceptors (Lipinski definition) is 4. The molecule has 0 atom stereocenters. The predicted octanol–water partition coefficient (Wildman–Crippen LogP) is 5.89. The van der Waals surface area contributed by atoms with Crippen LogP contribution in [0.1, 0.15) is 23.1 Å². The fourth-order valence-electron chi connectivity index (χ4n) is 4.26. The summed E-state index contributed by atoms with van der Waals surface area (Å²) in [4.78, 5) is 2.60. The Morgan fingerprint density at radius 3 is 1.86 bits per heavy atom. The van der Waals surface area contributed by atoms with Crippen molar-refractivity contribution in [3.05, 3.63) is 126 Å². The van der Waals surface area contributed by atoms with Crippen LogP contribution in [0.3, 0.4) is 0 Å². The zero-order chi connectivity index (χ0) is 26.1. The second-order valence-corrected chi connectivity index (χ2v) is 11.2. The summed E-state index contributed by atoms with van der Waals surface area (Å²) in [7, 11) is -1.61. The highest BCUT2D eigenvalue weighted by molar-refractivity contribution is 7.92. The molecule has 0 aliphatic rings. The van der Waals surface area contributed by atoms with Crippen LogP contribution in [0.4, 0.5) is 5.69 Å². The maximum atomic E-state index is 13.6. The molecule has 4 aromatic carbocycles. The van der Waals surface area contributed by atoms with Crippen LogP contribution in [0.5, 0.6) is 5.75 Å². The highest BCUT2D eigenvalue weighted by Crippen LogP contribution is 2.27. The van der Waals surface area contributed by atoms with Crippen molar-refractivity contribution in [2.75, 3.05) is 24.4 Å². The van der Waals surface area contributed by atoms with Gasteiger partial charge in [-0.25, -0.2) is 8.42 Å². The Bertz CT molecular complexity index is 1340. The van der Waals surface area contributed by atoms with E-state index in [-0.39, 0.29) is 17.2 Å². The lowest BCUT2D eigenvalue weighted by atomic mass is 10.1. The van der Waals surface area contributed by atoms with E-state index < -0.39 is 10.0 Å². The quantitative estimate of drug-likeness (QED) is 0.256. The van der Waals surface area contributed by atoms with Gasteiger partial charge in [0.25, 0.3) is 10.0 Å². The monoisotopic (exact) mass is 514 g/mol. The van der Waals surface area contributed by atoms with Gasteiger partial charge in [-0.3, -0.25) is 4.31 Å². The largest absolute Gasteiger partial charge is 0.508 e. The summed E-state index contributed by atoms with van der Waals surface area (Å²) in [5.41, 5.74) is 3.94. The number of phenols is 1. The standard InChI is InChI=1S/C31H34N2O3S/c1-32(24-22-26-9-4-2-5-10-26)23-8-11-27-14-18-29(19-15-27)33(25-28-16-20-30(34)21-17-28)37(35,36)31-12-6-3-7-13-31/h2-7,9-10,12-21,34H,8,11,22-25H2,1H3. The third-order valence-corrected chi connectivity index (χ3v) is 8.24. The number of aromatic hydroxyl groups is 1. The van der Waals surface area contributed by atoms with Gasteiger partial charge < -0.3 is 10.0 Å². The molecule has 4 rings (SSSR count). The van der Waals surface area contributed by atoms with Crippen molar-refractivity contribution in [2.45, 2.75) is 30.7 Å². The van der Waals surface area contributed by atoms with Gasteiger partial charge in [-0.2, -0.15) is 0 Å². The first kappa shape index (κ1) is 26.5. The number of anilines is 1. The minimum atomic E-state index is -3.77. The molecule has 4 aromatic rings. The first-order valence-corrected chi connectivity index (χ1v) is 14.0. The number of benzene rings is 4. The molecular weight excluding hydrogens is 480 g/mol. The highest BCUT2D eigenvalue weighted by atomic mass is 32.2. The molecule has 1 N–H and O–H groups in total. The van der Waals surface area contributed by atoms with Gasteiger partial charge in [-0.05, 0) is 85.9 Å². The number of sulfonamides is 1. The lowest BCUT2D eigenvalue weighted by molar-refractivity contribution is 0.333. The maximum absolute atomic E-state index is 13.6. The normalized spacial score (nSPS) is 11.5. The lowest BCUT2D eigenvalue weighted by Crippen LogP contribution is -2.30. The van der Waals surface area contributed by atoms with Crippen molar-refractivity contribution >= 4 is 15.7 Å². The highest BCUT2D eigenvalue weighted by Gasteiger charge is 2.25. The van der Waals surface area contributed by atoms with Gasteiger partial charge >= 0.3 is 0 Å². The summed E-state index contributed by atoms with van der Waals surface area (Å²) in [6.07, 6.45) is 3.00. The Labute approximate surface area is 220 Å². The Morgan fingerprint density at radius 1 is 0.649 bits per heavy atom. The molecule has 0 aliphatic carbocycles. The number of hydrogen-bond donors (Lipinski definition) is 1. The van der Waals surface area contributed by atoms with E-state index in [0.717, 1.165) is 37.9 Å². The van der Waals surface area contributed by atoms with Crippen LogP contribution in [0, 0.1) is 0 Å². The number of phenolic OH excluding ortho intramolecular Hbond substituents is 1. The second kappa shape index (κ2) is 12.6. The van der Waals surface area contributed by atoms with E-state index in [9.17, 15) is 13.5 Å². The van der Waals surface area contributed by atoms with Crippen molar-refractivity contribution in [3.63, 3.8) is 0 Å². The van der Waals surface area contributed by atoms with Crippen LogP contribution in [0.2, 0.25) is 0 Å². The number of likely N-dealkylation sites (N-methyl/N-ethyl adjacent to an activating group) is 1. The number of rotatable bonds is 12. The van der Waals surface area contributed by atoms with Gasteiger partial charge in [0.15, 0.2) is 0 Å². The average Bonchev–Trinajstić information content (AvgIpc) is 2.93. The van der Waals surface area contributed by atoms with Crippen LogP contribution >= 0.6 is 0 Å². The van der Waals surface area contributed by atoms with E-state index in [0.29, 0.717) is 5.69 Å². The molecule has 0 unspecified atom stereocenters. The molecule has 0 heterocycles. The van der Waals surface area contributed by atoms with Gasteiger partial charge in [0.2, 0.25) is 0 Å². The van der Waals surface area contributed by atoms with E-state index in [2.05, 4.69) is 36.2 Å². The molecule has 6 heteroatoms. The van der Waals surface area contributed by atoms with Crippen molar-refractivity contribution < 1.29 is 13.5 Å². The fraction of sp³-hybridized carbons (Fsp3) is 0.226. The molecule has 0 aromatic heterocycles. The summed E-state index contributed by atoms with van der Waals surface area (Å²) < 4.78 is 28.6. The van der Waals surface area contributed by atoms with Crippen LogP contribution < -0.4 is 4.31 Å². The molecule has 0 saturated heterocycles. The van der Waals surface area contributed by atoms with E-state index in [1.807, 2.05) is 30.3 Å². The zero-order valence-corrected chi connectivity index (χ0v) is 22.0. The van der Waals surface area contributed by atoms with Gasteiger partial charge in [0.05, 0.1) is 17.1 Å². The summed E-state index contributed by atoms with van der Waals surface area (Å²) in [6, 6.07) is 33.4. The molecule has 0 aliphatic heterocycles. The summed E-state index contributed by atoms with van der Waals surface area (Å²) in [5, 5.41) is 9.63. The third kappa shape index (κ3) is 7.44. The van der Waals surface area contributed by atoms with E-state index in [1.54, 1.807) is 54.6 Å². The minimum Gasteiger partial charge on any atom is -0.508 e. The Hall–Kier alpha value is -3.61. The maximum Gasteiger partial charge on any atom is 0.264 e. The van der Waals surface area contributed by atoms with Crippen LogP contribution in [-0.4, -0.2) is 38.6 Å². The van der Waals surface area contributed by atoms with Gasteiger partial charge in [-0.15, -0.1) is 0 Å². The van der Waals surface area contributed by atoms with Gasteiger partial charge in [0, 0.05) is 6.54 Å². The summed E-state index contributed by atoms with van der Waals surface area (Å²) >= 11 is 0. The van der Waals surface area contributed by atoms with Crippen LogP contribution in [0.15, 0.2) is 114 Å². The molecule has 5 nitrogen and oxygen atoms in total. The fourth-order valence-corrected chi connectivity index (χ4v) is 5.73. The molecule has 192 valence electrons. The summed E-state index contributed by atoms with van der Waals surface area (Å²) in [6.45, 7) is 2.19. The first-order chi connectivity index (χ1) is 17.9. The lowest BCUT2D eigenvalue weighted by Gasteiger charge is -2.25. The minimum absolute atomic E-state index is 0.149. The van der Waals surface area contributed by atoms with Crippen LogP contribution in [-0.2, 0) is 29.4 Å². The van der Waals surface area contributed by atoms with Gasteiger partial charge in [-0.1, -0.05) is 72.8 Å². The Balaban J connectivity index is 1.41. The number of aryl methyl sites for hydroxylation is 1. The molecule has 0 spiro atoms. The van der Waals surface area contributed by atoms with Gasteiger partial charge in [0.1, 0.15) is 5.75 Å². The van der Waals surface area contributed by atoms with E-state index in [4.69, 9.17) is 0 Å². The predicted molar refractivity (Wildman–Crippen MR) is 150 cm³/mol. The smallest absolute Gasteiger partial charge is 0.264 e. The molecule has 0 radical (unpaired) electrons. The molecule has 0 amide bonds. The average molecular weight is 515 g/mol. The topological polar surface area (TPSA) is 60.9 Å². The number of nitrogens with zero attached hydrogens (tertiary/aromatic N) is 2. The zero-order valence-electron chi connectivity index (χ0n) is 21.2. The van der Waals surface area contributed by atoms with Crippen molar-refractivity contribution in [3.8, 4) is 5.75 Å². The second-order valence-electron chi connectivity index (χ2n) is 9.30. The van der Waals surface area contributed by atoms with E-state index in [1.165, 1.54) is 15.4 Å². The molecule has 0 bridgehead atoms. The van der Waals surface area contributed by atoms with Crippen molar-refractivity contribution in [1.29, 1.82) is 0 Å². The van der Waals surface area contributed by atoms with Crippen molar-refractivity contribution in [1.82, 2.24) is 4.90 Å². The molecule has 0 saturated carbocycles. The Kier molecular flexibility index (Phi) is 8.99. The first-order valence-electron chi connectivity index (χ1n) is 12.6. The van der Waals surface area contributed by atoms with E-state index >= 15 is 0 Å². The molecule has 37 heavy (non-hydrogen) atoms. The summed E-state index contributed by atoms with van der Waals surface area (Å²) in [5.74, 6) is 0.149. The van der Waals surface area contributed by atoms with Crippen molar-refractivity contribution in [2.24, 2.45) is 0 Å². The van der Waals surface area contributed by atoms with Crippen LogP contribution in [0.25, 0.3) is 0 Å². The Morgan fingerprint density at radius 2 is 1.22 bits per heavy atom. The molecular formula is C31H34N2O3S. The molecule has 0 fully saturated rings. The third-order valence-electron chi connectivity index (χ3n) is 6.45. The SMILES string of the molecule is CN(CCCc1ccc(N(Cc2ccc(O)cc2)S(=O)(=O)c2ccccc2)cc1)CCc1ccccc1.